The Hall–Kier alpha value is -2.73. The number of nitrogens with zero attached hydrogens (tertiary/aromatic N) is 2. The van der Waals surface area contributed by atoms with Crippen molar-refractivity contribution in [1.82, 2.24) is 4.90 Å². The average Bonchev–Trinajstić information content (AvgIpc) is 2.61. The van der Waals surface area contributed by atoms with Gasteiger partial charge in [0.1, 0.15) is 5.82 Å². The maximum Gasteiger partial charge on any atom is 0.269 e. The zero-order valence-corrected chi connectivity index (χ0v) is 14.4. The molecule has 0 aromatic heterocycles. The third-order valence-electron chi connectivity index (χ3n) is 3.85. The zero-order chi connectivity index (χ0) is 18.6. The summed E-state index contributed by atoms with van der Waals surface area (Å²) in [5, 5.41) is 10.8. The van der Waals surface area contributed by atoms with E-state index in [0.29, 0.717) is 11.1 Å². The number of hydrogen-bond donors (Lipinski definition) is 0. The summed E-state index contributed by atoms with van der Waals surface area (Å²) in [5.74, 6) is -0.819. The smallest absolute Gasteiger partial charge is 0.269 e. The second-order valence-electron chi connectivity index (χ2n) is 5.48. The Bertz CT molecular complexity index is 839. The van der Waals surface area contributed by atoms with Crippen molar-refractivity contribution < 1.29 is 14.1 Å². The van der Waals surface area contributed by atoms with E-state index < -0.39 is 10.7 Å². The summed E-state index contributed by atoms with van der Waals surface area (Å²) in [7, 11) is 1.60. The Labute approximate surface area is 149 Å². The number of carbonyl (C=O) groups is 1. The maximum atomic E-state index is 13.1. The molecule has 0 saturated carbocycles. The van der Waals surface area contributed by atoms with Crippen LogP contribution in [0.5, 0.6) is 0 Å². The van der Waals surface area contributed by atoms with Crippen molar-refractivity contribution >= 4 is 29.3 Å². The molecule has 0 heterocycles. The lowest BCUT2D eigenvalue weighted by Crippen LogP contribution is -2.28. The van der Waals surface area contributed by atoms with Crippen LogP contribution in [-0.4, -0.2) is 22.8 Å². The Morgan fingerprint density at radius 2 is 2.04 bits per heavy atom. The van der Waals surface area contributed by atoms with E-state index in [2.05, 4.69) is 0 Å². The van der Waals surface area contributed by atoms with Crippen LogP contribution in [0.3, 0.4) is 0 Å². The molecule has 0 radical (unpaired) electrons. The topological polar surface area (TPSA) is 63.5 Å². The van der Waals surface area contributed by atoms with E-state index in [-0.39, 0.29) is 22.7 Å². The van der Waals surface area contributed by atoms with Gasteiger partial charge in [0.2, 0.25) is 5.91 Å². The van der Waals surface area contributed by atoms with Crippen LogP contribution in [0.1, 0.15) is 24.1 Å². The lowest BCUT2D eigenvalue weighted by molar-refractivity contribution is -0.384. The summed E-state index contributed by atoms with van der Waals surface area (Å²) < 4.78 is 13.1. The van der Waals surface area contributed by atoms with Gasteiger partial charge in [-0.1, -0.05) is 29.8 Å². The zero-order valence-electron chi connectivity index (χ0n) is 13.6. The van der Waals surface area contributed by atoms with Crippen molar-refractivity contribution in [2.75, 3.05) is 7.05 Å². The fourth-order valence-electron chi connectivity index (χ4n) is 2.21. The van der Waals surface area contributed by atoms with E-state index in [1.807, 2.05) is 0 Å². The van der Waals surface area contributed by atoms with Gasteiger partial charge in [-0.2, -0.15) is 0 Å². The van der Waals surface area contributed by atoms with E-state index in [4.69, 9.17) is 11.6 Å². The van der Waals surface area contributed by atoms with Gasteiger partial charge in [-0.3, -0.25) is 14.9 Å². The number of carbonyl (C=O) groups excluding carboxylic acids is 1. The Morgan fingerprint density at radius 1 is 1.32 bits per heavy atom. The van der Waals surface area contributed by atoms with Gasteiger partial charge in [0.25, 0.3) is 5.69 Å². The second-order valence-corrected chi connectivity index (χ2v) is 5.89. The van der Waals surface area contributed by atoms with Gasteiger partial charge in [-0.25, -0.2) is 4.39 Å². The van der Waals surface area contributed by atoms with Crippen LogP contribution in [0.15, 0.2) is 48.5 Å². The van der Waals surface area contributed by atoms with Crippen LogP contribution in [0.2, 0.25) is 5.02 Å². The van der Waals surface area contributed by atoms with E-state index in [1.165, 1.54) is 47.4 Å². The van der Waals surface area contributed by atoms with E-state index in [9.17, 15) is 19.3 Å². The molecule has 0 fully saturated rings. The van der Waals surface area contributed by atoms with E-state index in [1.54, 1.807) is 26.1 Å². The van der Waals surface area contributed by atoms with Crippen molar-refractivity contribution in [3.05, 3.63) is 80.6 Å². The molecule has 5 nitrogen and oxygen atoms in total. The minimum atomic E-state index is -0.526. The van der Waals surface area contributed by atoms with Gasteiger partial charge in [0, 0.05) is 25.3 Å². The third-order valence-corrected chi connectivity index (χ3v) is 4.14. The molecule has 1 amide bonds. The largest absolute Gasteiger partial charge is 0.335 e. The molecule has 0 aliphatic rings. The number of halogens is 2. The van der Waals surface area contributed by atoms with Gasteiger partial charge in [-0.15, -0.1) is 0 Å². The SMILES string of the molecule is C[C@@H](c1cccc([N+](=O)[O-])c1)N(C)C(=O)/C=C/c1ccc(F)c(Cl)c1. The molecular weight excluding hydrogens is 347 g/mol. The number of amides is 1. The van der Waals surface area contributed by atoms with E-state index in [0.717, 1.165) is 0 Å². The molecule has 7 heteroatoms. The predicted octanol–water partition coefficient (Wildman–Crippen LogP) is 4.62. The van der Waals surface area contributed by atoms with Gasteiger partial charge in [0.15, 0.2) is 0 Å². The molecule has 1 atom stereocenters. The summed E-state index contributed by atoms with van der Waals surface area (Å²) >= 11 is 5.70. The van der Waals surface area contributed by atoms with Crippen molar-refractivity contribution in [2.45, 2.75) is 13.0 Å². The highest BCUT2D eigenvalue weighted by molar-refractivity contribution is 6.30. The van der Waals surface area contributed by atoms with Gasteiger partial charge < -0.3 is 4.90 Å². The summed E-state index contributed by atoms with van der Waals surface area (Å²) in [5.41, 5.74) is 1.22. The molecule has 0 aliphatic heterocycles. The number of rotatable bonds is 5. The Balaban J connectivity index is 2.13. The van der Waals surface area contributed by atoms with Crippen molar-refractivity contribution in [3.8, 4) is 0 Å². The first-order valence-corrected chi connectivity index (χ1v) is 7.81. The molecular formula is C18H16ClFN2O3. The molecule has 0 N–H and O–H groups in total. The fraction of sp³-hybridized carbons (Fsp3) is 0.167. The summed E-state index contributed by atoms with van der Waals surface area (Å²) in [6.07, 6.45) is 2.88. The van der Waals surface area contributed by atoms with Gasteiger partial charge in [0.05, 0.1) is 16.0 Å². The Kier molecular flexibility index (Phi) is 5.88. The average molecular weight is 363 g/mol. The fourth-order valence-corrected chi connectivity index (χ4v) is 2.40. The molecule has 0 bridgehead atoms. The van der Waals surface area contributed by atoms with Crippen LogP contribution in [0.25, 0.3) is 6.08 Å². The van der Waals surface area contributed by atoms with Crippen LogP contribution >= 0.6 is 11.6 Å². The first-order valence-electron chi connectivity index (χ1n) is 7.44. The van der Waals surface area contributed by atoms with Gasteiger partial charge in [-0.05, 0) is 36.3 Å². The molecule has 25 heavy (non-hydrogen) atoms. The monoisotopic (exact) mass is 362 g/mol. The van der Waals surface area contributed by atoms with Crippen LogP contribution in [0, 0.1) is 15.9 Å². The molecule has 0 aliphatic carbocycles. The first-order chi connectivity index (χ1) is 11.8. The summed E-state index contributed by atoms with van der Waals surface area (Å²) in [6.45, 7) is 1.78. The first kappa shape index (κ1) is 18.6. The molecule has 0 unspecified atom stereocenters. The molecule has 0 saturated heterocycles. The standard InChI is InChI=1S/C18H16ClFN2O3/c1-12(14-4-3-5-15(11-14)22(24)25)21(2)18(23)9-7-13-6-8-17(20)16(19)10-13/h3-12H,1-2H3/b9-7+/t12-/m0/s1. The van der Waals surface area contributed by atoms with Crippen LogP contribution in [-0.2, 0) is 4.79 Å². The number of benzene rings is 2. The predicted molar refractivity (Wildman–Crippen MR) is 94.7 cm³/mol. The van der Waals surface area contributed by atoms with E-state index >= 15 is 0 Å². The molecule has 130 valence electrons. The third kappa shape index (κ3) is 4.64. The number of hydrogen-bond acceptors (Lipinski definition) is 3. The van der Waals surface area contributed by atoms with Crippen molar-refractivity contribution in [1.29, 1.82) is 0 Å². The summed E-state index contributed by atoms with van der Waals surface area (Å²) in [4.78, 5) is 24.1. The number of nitro benzene ring substituents is 1. The highest BCUT2D eigenvalue weighted by Gasteiger charge is 2.17. The second kappa shape index (κ2) is 7.90. The normalized spacial score (nSPS) is 12.2. The number of non-ortho nitro benzene ring substituents is 1. The lowest BCUT2D eigenvalue weighted by Gasteiger charge is -2.24. The van der Waals surface area contributed by atoms with Crippen molar-refractivity contribution in [2.24, 2.45) is 0 Å². The minimum Gasteiger partial charge on any atom is -0.335 e. The molecule has 2 aromatic carbocycles. The number of likely N-dealkylation sites (N-methyl/N-ethyl adjacent to an activating group) is 1. The molecule has 2 rings (SSSR count). The molecule has 0 spiro atoms. The van der Waals surface area contributed by atoms with Gasteiger partial charge >= 0.3 is 0 Å². The summed E-state index contributed by atoms with van der Waals surface area (Å²) in [6, 6.07) is 9.95. The lowest BCUT2D eigenvalue weighted by atomic mass is 10.1. The quantitative estimate of drug-likeness (QED) is 0.443. The molecule has 2 aromatic rings. The number of nitro groups is 1. The van der Waals surface area contributed by atoms with Crippen LogP contribution in [0.4, 0.5) is 10.1 Å². The maximum absolute atomic E-state index is 13.1. The van der Waals surface area contributed by atoms with Crippen LogP contribution < -0.4 is 0 Å². The highest BCUT2D eigenvalue weighted by Crippen LogP contribution is 2.23. The highest BCUT2D eigenvalue weighted by atomic mass is 35.5. The minimum absolute atomic E-state index is 0.0204. The van der Waals surface area contributed by atoms with Crippen molar-refractivity contribution in [3.63, 3.8) is 0 Å². The Morgan fingerprint density at radius 3 is 2.68 bits per heavy atom.